The van der Waals surface area contributed by atoms with Gasteiger partial charge in [0.25, 0.3) is 5.91 Å². The van der Waals surface area contributed by atoms with Crippen LogP contribution >= 0.6 is 0 Å². The summed E-state index contributed by atoms with van der Waals surface area (Å²) in [4.78, 5) is 16.2. The van der Waals surface area contributed by atoms with E-state index in [0.29, 0.717) is 23.7 Å². The van der Waals surface area contributed by atoms with Gasteiger partial charge in [-0.3, -0.25) is 9.78 Å². The van der Waals surface area contributed by atoms with Crippen LogP contribution in [0.15, 0.2) is 36.5 Å². The monoisotopic (exact) mass is 438 g/mol. The van der Waals surface area contributed by atoms with Crippen LogP contribution in [0.1, 0.15) is 39.0 Å². The molecule has 170 valence electrons. The van der Waals surface area contributed by atoms with Crippen LogP contribution in [0.25, 0.3) is 0 Å². The summed E-state index contributed by atoms with van der Waals surface area (Å²) in [6.07, 6.45) is 0.625. The Morgan fingerprint density at radius 2 is 2.10 bits per heavy atom. The summed E-state index contributed by atoms with van der Waals surface area (Å²) in [5.41, 5.74) is 0.535. The number of anilines is 1. The Bertz CT molecular complexity index is 894. The van der Waals surface area contributed by atoms with Crippen molar-refractivity contribution in [1.82, 2.24) is 4.98 Å². The first-order valence-electron chi connectivity index (χ1n) is 9.80. The Labute approximate surface area is 180 Å². The number of benzene rings is 1. The number of pyridine rings is 1. The first-order valence-corrected chi connectivity index (χ1v) is 9.80. The first-order chi connectivity index (χ1) is 14.6. The molecule has 3 atom stereocenters. The van der Waals surface area contributed by atoms with E-state index in [2.05, 4.69) is 22.0 Å². The van der Waals surface area contributed by atoms with Gasteiger partial charge in [-0.1, -0.05) is 13.0 Å². The Balaban J connectivity index is 0.000000285. The molecule has 0 spiro atoms. The van der Waals surface area contributed by atoms with E-state index in [1.807, 2.05) is 13.8 Å². The number of nitrogens with one attached hydrogen (secondary N) is 1. The number of halogens is 2. The van der Waals surface area contributed by atoms with Crippen LogP contribution in [0, 0.1) is 17.6 Å². The van der Waals surface area contributed by atoms with E-state index in [0.717, 1.165) is 6.07 Å². The lowest BCUT2D eigenvalue weighted by Gasteiger charge is -2.22. The first kappa shape index (κ1) is 24.6. The number of ether oxygens (including phenoxy) is 2. The molecule has 1 amide bonds. The van der Waals surface area contributed by atoms with Crippen LogP contribution in [0.4, 0.5) is 14.5 Å². The van der Waals surface area contributed by atoms with Crippen molar-refractivity contribution in [3.63, 3.8) is 0 Å². The minimum atomic E-state index is -1.05. The number of methoxy groups -OCH3 is 1. The fourth-order valence-electron chi connectivity index (χ4n) is 2.96. The van der Waals surface area contributed by atoms with Gasteiger partial charge in [0.2, 0.25) is 5.82 Å². The van der Waals surface area contributed by atoms with Crippen LogP contribution in [0.3, 0.4) is 0 Å². The molecule has 0 saturated carbocycles. The molecule has 1 saturated heterocycles. The van der Waals surface area contributed by atoms with Crippen molar-refractivity contribution >= 4 is 11.6 Å². The summed E-state index contributed by atoms with van der Waals surface area (Å²) < 4.78 is 35.1. The van der Waals surface area contributed by atoms with Crippen LogP contribution in [0.5, 0.6) is 5.75 Å². The molecule has 1 aromatic carbocycles. The van der Waals surface area contributed by atoms with Crippen molar-refractivity contribution in [1.29, 1.82) is 0 Å². The predicted octanol–water partition coefficient (Wildman–Crippen LogP) is 3.22. The van der Waals surface area contributed by atoms with E-state index < -0.39 is 30.4 Å². The molecule has 2 aromatic rings. The number of carbonyl (C=O) groups excluding carboxylic acids is 1. The third kappa shape index (κ3) is 6.43. The summed E-state index contributed by atoms with van der Waals surface area (Å²) in [7, 11) is 1.29. The third-order valence-corrected chi connectivity index (χ3v) is 5.19. The molecule has 9 heteroatoms. The van der Waals surface area contributed by atoms with Gasteiger partial charge < -0.3 is 25.0 Å². The molecule has 3 N–H and O–H groups in total. The van der Waals surface area contributed by atoms with Crippen LogP contribution in [-0.4, -0.2) is 46.5 Å². The Morgan fingerprint density at radius 3 is 2.65 bits per heavy atom. The largest absolute Gasteiger partial charge is 0.494 e. The molecule has 1 fully saturated rings. The second-order valence-electron chi connectivity index (χ2n) is 7.76. The second kappa shape index (κ2) is 10.6. The summed E-state index contributed by atoms with van der Waals surface area (Å²) in [6.45, 7) is 5.61. The maximum absolute atomic E-state index is 12.5. The molecule has 31 heavy (non-hydrogen) atoms. The van der Waals surface area contributed by atoms with Crippen LogP contribution < -0.4 is 10.1 Å². The fraction of sp³-hybridized carbons (Fsp3) is 0.455. The number of hydrogen-bond donors (Lipinski definition) is 3. The molecule has 3 unspecified atom stereocenters. The van der Waals surface area contributed by atoms with Gasteiger partial charge in [0.1, 0.15) is 12.2 Å². The number of hydrogen-bond acceptors (Lipinski definition) is 6. The molecule has 1 aliphatic heterocycles. The molecule has 3 rings (SSSR count). The second-order valence-corrected chi connectivity index (χ2v) is 7.76. The van der Waals surface area contributed by atoms with Crippen molar-refractivity contribution in [2.24, 2.45) is 5.92 Å². The summed E-state index contributed by atoms with van der Waals surface area (Å²) in [5.74, 6) is -1.80. The van der Waals surface area contributed by atoms with Gasteiger partial charge in [0.15, 0.2) is 11.6 Å². The summed E-state index contributed by atoms with van der Waals surface area (Å²) >= 11 is 0. The van der Waals surface area contributed by atoms with E-state index in [1.54, 1.807) is 12.1 Å². The molecular formula is C22H28F2N2O5. The van der Waals surface area contributed by atoms with Gasteiger partial charge >= 0.3 is 0 Å². The van der Waals surface area contributed by atoms with Gasteiger partial charge in [-0.25, -0.2) is 4.39 Å². The molecule has 1 aromatic heterocycles. The van der Waals surface area contributed by atoms with Crippen molar-refractivity contribution in [3.05, 3.63) is 53.9 Å². The van der Waals surface area contributed by atoms with Gasteiger partial charge in [-0.05, 0) is 50.5 Å². The van der Waals surface area contributed by atoms with Crippen LogP contribution in [-0.2, 0) is 9.53 Å². The zero-order valence-electron chi connectivity index (χ0n) is 17.9. The minimum Gasteiger partial charge on any atom is -0.494 e. The topological polar surface area (TPSA) is 101 Å². The Hall–Kier alpha value is -2.62. The smallest absolute Gasteiger partial charge is 0.253 e. The zero-order valence-corrected chi connectivity index (χ0v) is 17.9. The highest BCUT2D eigenvalue weighted by Gasteiger charge is 2.41. The Morgan fingerprint density at radius 1 is 1.39 bits per heavy atom. The normalized spacial score (nSPS) is 20.4. The molecule has 0 bridgehead atoms. The number of carbonyl (C=O) groups is 1. The highest BCUT2D eigenvalue weighted by atomic mass is 19.2. The summed E-state index contributed by atoms with van der Waals surface area (Å²) in [5, 5.41) is 21.2. The highest BCUT2D eigenvalue weighted by Crippen LogP contribution is 2.35. The van der Waals surface area contributed by atoms with Gasteiger partial charge in [0, 0.05) is 11.9 Å². The van der Waals surface area contributed by atoms with E-state index in [9.17, 15) is 18.7 Å². The van der Waals surface area contributed by atoms with Gasteiger partial charge in [-0.15, -0.1) is 0 Å². The number of aliphatic hydroxyl groups is 2. The molecule has 1 aliphatic rings. The number of aliphatic hydroxyl groups excluding tert-OH is 2. The fourth-order valence-corrected chi connectivity index (χ4v) is 2.96. The lowest BCUT2D eigenvalue weighted by Crippen LogP contribution is -2.31. The van der Waals surface area contributed by atoms with E-state index in [-0.39, 0.29) is 17.3 Å². The van der Waals surface area contributed by atoms with Crippen molar-refractivity contribution in [2.45, 2.75) is 45.0 Å². The minimum absolute atomic E-state index is 0.0694. The maximum atomic E-state index is 12.5. The maximum Gasteiger partial charge on any atom is 0.253 e. The number of amides is 1. The molecular weight excluding hydrogens is 410 g/mol. The lowest BCUT2D eigenvalue weighted by molar-refractivity contribution is -0.130. The highest BCUT2D eigenvalue weighted by molar-refractivity contribution is 5.94. The predicted molar refractivity (Wildman–Crippen MR) is 111 cm³/mol. The van der Waals surface area contributed by atoms with Gasteiger partial charge in [-0.2, -0.15) is 4.39 Å². The average Bonchev–Trinajstić information content (AvgIpc) is 3.02. The molecule has 0 radical (unpaired) electrons. The quantitative estimate of drug-likeness (QED) is 0.663. The molecule has 0 aliphatic carbocycles. The standard InChI is InChI=1S/C15H22N2O4.C7H6F2O/c1-9-6-13(21-15(9,2)3)14(20)17-10-4-5-16-11(7-10)12(19)8-18;1-10-6-4-2-3-5(8)7(6)9/h4-5,7,9,12-13,18-19H,6,8H2,1-3H3,(H,16,17,20);2-4H,1H3. The number of nitrogens with zero attached hydrogens (tertiary/aromatic N) is 1. The van der Waals surface area contributed by atoms with Crippen molar-refractivity contribution in [2.75, 3.05) is 19.0 Å². The lowest BCUT2D eigenvalue weighted by atomic mass is 9.92. The average molecular weight is 438 g/mol. The van der Waals surface area contributed by atoms with Crippen molar-refractivity contribution < 1.29 is 33.3 Å². The zero-order chi connectivity index (χ0) is 23.2. The van der Waals surface area contributed by atoms with E-state index >= 15 is 0 Å². The van der Waals surface area contributed by atoms with E-state index in [4.69, 9.17) is 9.84 Å². The van der Waals surface area contributed by atoms with Gasteiger partial charge in [0.05, 0.1) is 25.0 Å². The van der Waals surface area contributed by atoms with Crippen LogP contribution in [0.2, 0.25) is 0 Å². The third-order valence-electron chi connectivity index (χ3n) is 5.19. The number of aromatic nitrogens is 1. The molecule has 2 heterocycles. The number of rotatable bonds is 5. The van der Waals surface area contributed by atoms with Crippen molar-refractivity contribution in [3.8, 4) is 5.75 Å². The summed E-state index contributed by atoms with van der Waals surface area (Å²) in [6, 6.07) is 6.96. The molecule has 7 nitrogen and oxygen atoms in total. The SMILES string of the molecule is CC1CC(C(=O)Nc2ccnc(C(O)CO)c2)OC1(C)C.COc1cccc(F)c1F. The Kier molecular flexibility index (Phi) is 8.43. The van der Waals surface area contributed by atoms with E-state index in [1.165, 1.54) is 25.4 Å².